The van der Waals surface area contributed by atoms with Gasteiger partial charge in [0.25, 0.3) is 0 Å². The Morgan fingerprint density at radius 1 is 1.47 bits per heavy atom. The highest BCUT2D eigenvalue weighted by molar-refractivity contribution is 5.75. The summed E-state index contributed by atoms with van der Waals surface area (Å²) in [6.07, 6.45) is 1.82. The molecule has 0 N–H and O–H groups in total. The second-order valence-electron chi connectivity index (χ2n) is 4.83. The van der Waals surface area contributed by atoms with E-state index < -0.39 is 5.92 Å². The Hall–Kier alpha value is -1.08. The summed E-state index contributed by atoms with van der Waals surface area (Å²) in [5.74, 6) is -0.767. The predicted octanol–water partition coefficient (Wildman–Crippen LogP) is 1.81. The summed E-state index contributed by atoms with van der Waals surface area (Å²) in [6, 6.07) is 2.65. The number of carbonyl (C=O) groups is 1. The van der Waals surface area contributed by atoms with Crippen molar-refractivity contribution < 1.29 is 9.53 Å². The second kappa shape index (κ2) is 6.61. The number of nitrogens with zero attached hydrogens (tertiary/aromatic N) is 2. The Morgan fingerprint density at radius 2 is 2.06 bits per heavy atom. The van der Waals surface area contributed by atoms with E-state index in [1.54, 1.807) is 6.92 Å². The highest BCUT2D eigenvalue weighted by atomic mass is 16.5. The first kappa shape index (κ1) is 14.0. The molecule has 1 heterocycles. The van der Waals surface area contributed by atoms with Gasteiger partial charge < -0.3 is 9.64 Å². The molecule has 1 aliphatic heterocycles. The maximum atomic E-state index is 11.6. The lowest BCUT2D eigenvalue weighted by molar-refractivity contribution is -0.148. The topological polar surface area (TPSA) is 53.3 Å². The number of hydrogen-bond donors (Lipinski definition) is 0. The number of carbonyl (C=O) groups excluding carboxylic acids is 1. The smallest absolute Gasteiger partial charge is 0.323 e. The Morgan fingerprint density at radius 3 is 2.47 bits per heavy atom. The third-order valence-corrected chi connectivity index (χ3v) is 3.46. The molecule has 4 nitrogen and oxygen atoms in total. The summed E-state index contributed by atoms with van der Waals surface area (Å²) in [5.41, 5.74) is 0. The van der Waals surface area contributed by atoms with Crippen LogP contribution in [-0.4, -0.2) is 36.6 Å². The van der Waals surface area contributed by atoms with Crippen LogP contribution < -0.4 is 0 Å². The van der Waals surface area contributed by atoms with Gasteiger partial charge in [0, 0.05) is 6.04 Å². The zero-order valence-electron chi connectivity index (χ0n) is 11.0. The van der Waals surface area contributed by atoms with Crippen LogP contribution in [0.25, 0.3) is 0 Å². The zero-order valence-corrected chi connectivity index (χ0v) is 11.0. The Balaban J connectivity index is 2.51. The number of piperidine rings is 1. The molecule has 0 radical (unpaired) electrons. The van der Waals surface area contributed by atoms with E-state index in [0.717, 1.165) is 25.9 Å². The summed E-state index contributed by atoms with van der Waals surface area (Å²) in [6.45, 7) is 8.41. The molecule has 17 heavy (non-hydrogen) atoms. The van der Waals surface area contributed by atoms with Gasteiger partial charge in [0.15, 0.2) is 0 Å². The molecule has 1 saturated heterocycles. The minimum atomic E-state index is -0.579. The summed E-state index contributed by atoms with van der Waals surface area (Å²) >= 11 is 0. The van der Waals surface area contributed by atoms with E-state index in [-0.39, 0.29) is 11.9 Å². The quantitative estimate of drug-likeness (QED) is 0.701. The minimum Gasteiger partial charge on any atom is -0.465 e. The zero-order chi connectivity index (χ0) is 12.8. The van der Waals surface area contributed by atoms with Crippen molar-refractivity contribution in [2.24, 2.45) is 11.8 Å². The van der Waals surface area contributed by atoms with Gasteiger partial charge in [0.2, 0.25) is 0 Å². The van der Waals surface area contributed by atoms with Gasteiger partial charge in [-0.15, -0.1) is 0 Å². The Bertz CT molecular complexity index is 288. The molecular formula is C13H22N2O2. The predicted molar refractivity (Wildman–Crippen MR) is 65.2 cm³/mol. The summed E-state index contributed by atoms with van der Waals surface area (Å²) in [5, 5.41) is 9.09. The lowest BCUT2D eigenvalue weighted by atomic mass is 9.85. The van der Waals surface area contributed by atoms with Crippen LogP contribution in [0.5, 0.6) is 0 Å². The van der Waals surface area contributed by atoms with Crippen LogP contribution in [0.2, 0.25) is 0 Å². The molecule has 1 aliphatic rings. The number of ether oxygens (including phenoxy) is 1. The second-order valence-corrected chi connectivity index (χ2v) is 4.83. The van der Waals surface area contributed by atoms with E-state index in [9.17, 15) is 4.79 Å². The highest BCUT2D eigenvalue weighted by Gasteiger charge is 2.32. The molecule has 1 rings (SSSR count). The average Bonchev–Trinajstić information content (AvgIpc) is 2.31. The van der Waals surface area contributed by atoms with Crippen molar-refractivity contribution in [2.45, 2.75) is 39.7 Å². The third-order valence-electron chi connectivity index (χ3n) is 3.46. The fourth-order valence-electron chi connectivity index (χ4n) is 2.35. The molecule has 0 spiro atoms. The first-order valence-corrected chi connectivity index (χ1v) is 6.40. The molecule has 1 atom stereocenters. The van der Waals surface area contributed by atoms with Crippen LogP contribution in [0.4, 0.5) is 0 Å². The van der Waals surface area contributed by atoms with E-state index in [1.165, 1.54) is 0 Å². The maximum absolute atomic E-state index is 11.6. The lowest BCUT2D eigenvalue weighted by Gasteiger charge is -2.35. The van der Waals surface area contributed by atoms with E-state index in [2.05, 4.69) is 24.8 Å². The third kappa shape index (κ3) is 3.71. The van der Waals surface area contributed by atoms with Crippen molar-refractivity contribution in [3.63, 3.8) is 0 Å². The number of rotatable bonds is 4. The van der Waals surface area contributed by atoms with Crippen molar-refractivity contribution in [3.8, 4) is 6.07 Å². The van der Waals surface area contributed by atoms with Crippen LogP contribution in [0.1, 0.15) is 33.6 Å². The van der Waals surface area contributed by atoms with Crippen LogP contribution in [-0.2, 0) is 9.53 Å². The van der Waals surface area contributed by atoms with Crippen LogP contribution in [0.3, 0.4) is 0 Å². The van der Waals surface area contributed by atoms with Gasteiger partial charge in [-0.3, -0.25) is 4.79 Å². The Labute approximate surface area is 104 Å². The first-order valence-electron chi connectivity index (χ1n) is 6.40. The van der Waals surface area contributed by atoms with Crippen molar-refractivity contribution in [3.05, 3.63) is 0 Å². The number of nitriles is 1. The monoisotopic (exact) mass is 238 g/mol. The average molecular weight is 238 g/mol. The van der Waals surface area contributed by atoms with E-state index in [0.29, 0.717) is 12.6 Å². The van der Waals surface area contributed by atoms with Crippen molar-refractivity contribution in [1.29, 1.82) is 5.26 Å². The first-order chi connectivity index (χ1) is 8.10. The molecule has 1 unspecified atom stereocenters. The largest absolute Gasteiger partial charge is 0.465 e. The summed E-state index contributed by atoms with van der Waals surface area (Å²) in [7, 11) is 0. The molecule has 0 aliphatic carbocycles. The van der Waals surface area contributed by atoms with Crippen LogP contribution >= 0.6 is 0 Å². The molecule has 4 heteroatoms. The lowest BCUT2D eigenvalue weighted by Crippen LogP contribution is -2.41. The molecule has 0 aromatic carbocycles. The minimum absolute atomic E-state index is 0.161. The number of likely N-dealkylation sites (tertiary alicyclic amines) is 1. The standard InChI is InChI=1S/C13H22N2O2/c1-4-17-13(16)12(9-14)11-5-7-15(8-6-11)10(2)3/h10-12H,4-8H2,1-3H3. The van der Waals surface area contributed by atoms with Crippen molar-refractivity contribution in [2.75, 3.05) is 19.7 Å². The number of hydrogen-bond acceptors (Lipinski definition) is 4. The van der Waals surface area contributed by atoms with Crippen LogP contribution in [0, 0.1) is 23.2 Å². The summed E-state index contributed by atoms with van der Waals surface area (Å²) in [4.78, 5) is 14.0. The van der Waals surface area contributed by atoms with Gasteiger partial charge in [0.1, 0.15) is 5.92 Å². The molecule has 0 aromatic heterocycles. The fourth-order valence-corrected chi connectivity index (χ4v) is 2.35. The van der Waals surface area contributed by atoms with E-state index in [4.69, 9.17) is 10.00 Å². The SMILES string of the molecule is CCOC(=O)C(C#N)C1CCN(C(C)C)CC1. The molecule has 0 aromatic rings. The van der Waals surface area contributed by atoms with Crippen molar-refractivity contribution >= 4 is 5.97 Å². The molecule has 0 amide bonds. The molecule has 96 valence electrons. The molecule has 0 saturated carbocycles. The van der Waals surface area contributed by atoms with Gasteiger partial charge >= 0.3 is 5.97 Å². The van der Waals surface area contributed by atoms with Gasteiger partial charge in [-0.1, -0.05) is 0 Å². The fraction of sp³-hybridized carbons (Fsp3) is 0.846. The highest BCUT2D eigenvalue weighted by Crippen LogP contribution is 2.26. The van der Waals surface area contributed by atoms with Crippen molar-refractivity contribution in [1.82, 2.24) is 4.90 Å². The van der Waals surface area contributed by atoms with Crippen LogP contribution in [0.15, 0.2) is 0 Å². The molecular weight excluding hydrogens is 216 g/mol. The Kier molecular flexibility index (Phi) is 5.43. The number of esters is 1. The van der Waals surface area contributed by atoms with Gasteiger partial charge in [0.05, 0.1) is 12.7 Å². The molecule has 1 fully saturated rings. The maximum Gasteiger partial charge on any atom is 0.323 e. The summed E-state index contributed by atoms with van der Waals surface area (Å²) < 4.78 is 4.95. The van der Waals surface area contributed by atoms with Gasteiger partial charge in [-0.25, -0.2) is 0 Å². The van der Waals surface area contributed by atoms with E-state index >= 15 is 0 Å². The normalized spacial score (nSPS) is 19.9. The van der Waals surface area contributed by atoms with Gasteiger partial charge in [-0.05, 0) is 52.6 Å². The van der Waals surface area contributed by atoms with E-state index in [1.807, 2.05) is 0 Å². The molecule has 0 bridgehead atoms. The van der Waals surface area contributed by atoms with Gasteiger partial charge in [-0.2, -0.15) is 5.26 Å².